The third-order valence-electron chi connectivity index (χ3n) is 1.61. The van der Waals surface area contributed by atoms with Gasteiger partial charge >= 0.3 is 0 Å². The lowest BCUT2D eigenvalue weighted by Gasteiger charge is -2.05. The molecule has 1 aromatic rings. The summed E-state index contributed by atoms with van der Waals surface area (Å²) in [5.41, 5.74) is 8.81. The minimum atomic E-state index is -0.323. The first-order valence-corrected chi connectivity index (χ1v) is 3.58. The predicted octanol–water partition coefficient (Wildman–Crippen LogP) is 2.76. The molecule has 0 radical (unpaired) electrons. The zero-order valence-electron chi connectivity index (χ0n) is 6.68. The molecule has 0 aliphatic heterocycles. The van der Waals surface area contributed by atoms with Crippen molar-refractivity contribution in [3.8, 4) is 5.75 Å². The van der Waals surface area contributed by atoms with Crippen LogP contribution in [-0.4, -0.2) is 5.11 Å². The number of phenolic OH excluding ortho intramolecular Hbond substituents is 1. The summed E-state index contributed by atoms with van der Waals surface area (Å²) in [6, 6.07) is 6.49. The van der Waals surface area contributed by atoms with Crippen LogP contribution in [0.2, 0.25) is 0 Å². The zero-order valence-corrected chi connectivity index (χ0v) is 6.68. The van der Waals surface area contributed by atoms with Crippen molar-refractivity contribution in [3.63, 3.8) is 0 Å². The summed E-state index contributed by atoms with van der Waals surface area (Å²) in [6.45, 7) is 1.73. The van der Waals surface area contributed by atoms with Crippen LogP contribution in [0, 0.1) is 0 Å². The molecule has 0 amide bonds. The van der Waals surface area contributed by atoms with Crippen LogP contribution >= 0.6 is 0 Å². The molecule has 1 aromatic carbocycles. The number of hydrogen-bond acceptors (Lipinski definition) is 2. The van der Waals surface area contributed by atoms with E-state index >= 15 is 0 Å². The summed E-state index contributed by atoms with van der Waals surface area (Å²) < 4.78 is 0. The molecular weight excluding hydrogens is 154 g/mol. The number of rotatable bonds is 2. The molecule has 4 nitrogen and oxygen atoms in total. The van der Waals surface area contributed by atoms with Gasteiger partial charge in [0.2, 0.25) is 0 Å². The third kappa shape index (κ3) is 1.68. The molecule has 0 bridgehead atoms. The number of hydrogen-bond donors (Lipinski definition) is 1. The van der Waals surface area contributed by atoms with Gasteiger partial charge in [0, 0.05) is 10.5 Å². The van der Waals surface area contributed by atoms with Gasteiger partial charge in [-0.2, -0.15) is 0 Å². The number of aromatic hydroxyl groups is 1. The number of azide groups is 1. The van der Waals surface area contributed by atoms with E-state index in [4.69, 9.17) is 5.53 Å². The fourth-order valence-corrected chi connectivity index (χ4v) is 0.980. The van der Waals surface area contributed by atoms with Crippen LogP contribution in [0.4, 0.5) is 0 Å². The highest BCUT2D eigenvalue weighted by molar-refractivity contribution is 5.34. The van der Waals surface area contributed by atoms with Crippen molar-refractivity contribution >= 4 is 0 Å². The van der Waals surface area contributed by atoms with Gasteiger partial charge in [0.05, 0.1) is 6.04 Å². The van der Waals surface area contributed by atoms with Crippen molar-refractivity contribution in [1.82, 2.24) is 0 Å². The van der Waals surface area contributed by atoms with Crippen LogP contribution in [0.3, 0.4) is 0 Å². The SMILES string of the molecule is CC(N=[N+]=[N-])c1ccccc1O. The summed E-state index contributed by atoms with van der Waals surface area (Å²) in [7, 11) is 0. The van der Waals surface area contributed by atoms with E-state index in [-0.39, 0.29) is 11.8 Å². The second-order valence-corrected chi connectivity index (χ2v) is 2.44. The van der Waals surface area contributed by atoms with Crippen molar-refractivity contribution in [2.24, 2.45) is 5.11 Å². The zero-order chi connectivity index (χ0) is 8.97. The summed E-state index contributed by atoms with van der Waals surface area (Å²) in [5, 5.41) is 12.8. The maximum atomic E-state index is 9.32. The minimum Gasteiger partial charge on any atom is -0.508 e. The molecule has 0 saturated carbocycles. The first kappa shape index (κ1) is 8.43. The van der Waals surface area contributed by atoms with Crippen molar-refractivity contribution < 1.29 is 5.11 Å². The van der Waals surface area contributed by atoms with Gasteiger partial charge in [-0.1, -0.05) is 30.2 Å². The van der Waals surface area contributed by atoms with E-state index in [2.05, 4.69) is 10.0 Å². The maximum absolute atomic E-state index is 9.32. The molecule has 1 atom stereocenters. The molecule has 62 valence electrons. The highest BCUT2D eigenvalue weighted by Gasteiger charge is 2.05. The second-order valence-electron chi connectivity index (χ2n) is 2.44. The Morgan fingerprint density at radius 1 is 1.50 bits per heavy atom. The first-order valence-electron chi connectivity index (χ1n) is 3.58. The van der Waals surface area contributed by atoms with Crippen LogP contribution in [0.25, 0.3) is 10.4 Å². The van der Waals surface area contributed by atoms with Crippen molar-refractivity contribution in [3.05, 3.63) is 40.3 Å². The summed E-state index contributed by atoms with van der Waals surface area (Å²) >= 11 is 0. The van der Waals surface area contributed by atoms with Gasteiger partial charge in [-0.25, -0.2) is 0 Å². The number of benzene rings is 1. The van der Waals surface area contributed by atoms with Crippen LogP contribution in [0.15, 0.2) is 29.4 Å². The molecule has 0 aliphatic carbocycles. The van der Waals surface area contributed by atoms with Gasteiger partial charge in [-0.15, -0.1) is 0 Å². The quantitative estimate of drug-likeness (QED) is 0.406. The second kappa shape index (κ2) is 3.64. The molecule has 0 fully saturated rings. The largest absolute Gasteiger partial charge is 0.508 e. The minimum absolute atomic E-state index is 0.164. The van der Waals surface area contributed by atoms with E-state index in [0.717, 1.165) is 0 Å². The maximum Gasteiger partial charge on any atom is 0.119 e. The number of nitrogens with zero attached hydrogens (tertiary/aromatic N) is 3. The smallest absolute Gasteiger partial charge is 0.119 e. The van der Waals surface area contributed by atoms with Gasteiger partial charge in [0.1, 0.15) is 5.75 Å². The van der Waals surface area contributed by atoms with Gasteiger partial charge < -0.3 is 5.11 Å². The standard InChI is InChI=1S/C8H9N3O/c1-6(10-11-9)7-4-2-3-5-8(7)12/h2-6,12H,1H3. The Bertz CT molecular complexity index is 318. The topological polar surface area (TPSA) is 69.0 Å². The van der Waals surface area contributed by atoms with Gasteiger partial charge in [-0.3, -0.25) is 0 Å². The Labute approximate surface area is 70.1 Å². The Kier molecular flexibility index (Phi) is 2.56. The summed E-state index contributed by atoms with van der Waals surface area (Å²) in [4.78, 5) is 2.67. The molecule has 0 spiro atoms. The van der Waals surface area contributed by atoms with E-state index in [0.29, 0.717) is 5.56 Å². The Morgan fingerprint density at radius 2 is 2.17 bits per heavy atom. The van der Waals surface area contributed by atoms with Crippen LogP contribution in [-0.2, 0) is 0 Å². The van der Waals surface area contributed by atoms with Gasteiger partial charge in [0.15, 0.2) is 0 Å². The van der Waals surface area contributed by atoms with Gasteiger partial charge in [0.25, 0.3) is 0 Å². The Morgan fingerprint density at radius 3 is 2.75 bits per heavy atom. The highest BCUT2D eigenvalue weighted by Crippen LogP contribution is 2.25. The molecule has 1 rings (SSSR count). The van der Waals surface area contributed by atoms with Crippen molar-refractivity contribution in [2.45, 2.75) is 13.0 Å². The third-order valence-corrected chi connectivity index (χ3v) is 1.61. The van der Waals surface area contributed by atoms with Crippen LogP contribution < -0.4 is 0 Å². The van der Waals surface area contributed by atoms with E-state index < -0.39 is 0 Å². The fraction of sp³-hybridized carbons (Fsp3) is 0.250. The Hall–Kier alpha value is -1.67. The van der Waals surface area contributed by atoms with E-state index in [9.17, 15) is 5.11 Å². The molecule has 4 heteroatoms. The molecule has 0 saturated heterocycles. The normalized spacial score (nSPS) is 11.8. The molecule has 0 heterocycles. The molecule has 0 aromatic heterocycles. The Balaban J connectivity index is 3.02. The molecule has 1 N–H and O–H groups in total. The average Bonchev–Trinajstić information content (AvgIpc) is 2.05. The first-order chi connectivity index (χ1) is 5.75. The number of para-hydroxylation sites is 1. The lowest BCUT2D eigenvalue weighted by atomic mass is 10.1. The lowest BCUT2D eigenvalue weighted by molar-refractivity contribution is 0.463. The lowest BCUT2D eigenvalue weighted by Crippen LogP contribution is -1.87. The van der Waals surface area contributed by atoms with E-state index in [1.54, 1.807) is 31.2 Å². The van der Waals surface area contributed by atoms with Crippen LogP contribution in [0.5, 0.6) is 5.75 Å². The molecule has 0 aliphatic rings. The highest BCUT2D eigenvalue weighted by atomic mass is 16.3. The molecular formula is C8H9N3O. The monoisotopic (exact) mass is 163 g/mol. The summed E-state index contributed by atoms with van der Waals surface area (Å²) in [5.74, 6) is 0.164. The average molecular weight is 163 g/mol. The van der Waals surface area contributed by atoms with Gasteiger partial charge in [-0.05, 0) is 11.6 Å². The van der Waals surface area contributed by atoms with Crippen molar-refractivity contribution in [1.29, 1.82) is 0 Å². The molecule has 1 unspecified atom stereocenters. The fourth-order valence-electron chi connectivity index (χ4n) is 0.980. The van der Waals surface area contributed by atoms with E-state index in [1.807, 2.05) is 0 Å². The predicted molar refractivity (Wildman–Crippen MR) is 45.7 cm³/mol. The summed E-state index contributed by atoms with van der Waals surface area (Å²) in [6.07, 6.45) is 0. The molecule has 12 heavy (non-hydrogen) atoms. The number of phenols is 1. The van der Waals surface area contributed by atoms with Crippen LogP contribution in [0.1, 0.15) is 18.5 Å². The van der Waals surface area contributed by atoms with E-state index in [1.165, 1.54) is 0 Å². The van der Waals surface area contributed by atoms with Crippen molar-refractivity contribution in [2.75, 3.05) is 0 Å².